The molecule has 0 unspecified atom stereocenters. The van der Waals surface area contributed by atoms with Gasteiger partial charge in [0.15, 0.2) is 11.0 Å². The molecule has 0 radical (unpaired) electrons. The Labute approximate surface area is 157 Å². The van der Waals surface area contributed by atoms with Crippen LogP contribution in [0, 0.1) is 5.92 Å². The molecule has 140 valence electrons. The molecule has 2 N–H and O–H groups in total. The normalized spacial score (nSPS) is 15.5. The Balaban J connectivity index is 1.79. The van der Waals surface area contributed by atoms with Gasteiger partial charge in [-0.05, 0) is 12.0 Å². The molecule has 3 heterocycles. The third-order valence-electron chi connectivity index (χ3n) is 4.19. The molecule has 0 bridgehead atoms. The molecule has 1 aliphatic rings. The summed E-state index contributed by atoms with van der Waals surface area (Å²) in [7, 11) is 1.33. The van der Waals surface area contributed by atoms with E-state index in [-0.39, 0.29) is 5.13 Å². The monoisotopic (exact) mass is 376 g/mol. The van der Waals surface area contributed by atoms with Crippen molar-refractivity contribution < 1.29 is 9.53 Å². The third-order valence-corrected chi connectivity index (χ3v) is 5.05. The van der Waals surface area contributed by atoms with Crippen LogP contribution >= 0.6 is 11.3 Å². The lowest BCUT2D eigenvalue weighted by Gasteiger charge is -2.36. The zero-order valence-electron chi connectivity index (χ0n) is 15.3. The Morgan fingerprint density at radius 3 is 2.69 bits per heavy atom. The summed E-state index contributed by atoms with van der Waals surface area (Å²) in [5, 5.41) is 0.289. The predicted molar refractivity (Wildman–Crippen MR) is 102 cm³/mol. The highest BCUT2D eigenvalue weighted by Gasteiger charge is 2.23. The maximum absolute atomic E-state index is 12.0. The van der Waals surface area contributed by atoms with Crippen molar-refractivity contribution in [3.8, 4) is 11.5 Å². The van der Waals surface area contributed by atoms with Gasteiger partial charge in [-0.1, -0.05) is 25.2 Å². The molecule has 0 saturated carbocycles. The second-order valence-electron chi connectivity index (χ2n) is 6.64. The maximum atomic E-state index is 12.0. The van der Waals surface area contributed by atoms with Crippen LogP contribution in [0.25, 0.3) is 11.5 Å². The first kappa shape index (κ1) is 18.5. The number of aromatic nitrogens is 3. The summed E-state index contributed by atoms with van der Waals surface area (Å²) in [4.78, 5) is 30.1. The van der Waals surface area contributed by atoms with Crippen LogP contribution in [0.2, 0.25) is 0 Å². The van der Waals surface area contributed by atoms with Gasteiger partial charge >= 0.3 is 5.97 Å². The predicted octanol–water partition coefficient (Wildman–Crippen LogP) is 1.75. The van der Waals surface area contributed by atoms with E-state index < -0.39 is 5.97 Å². The average Bonchev–Trinajstić information content (AvgIpc) is 3.03. The number of nitrogens with two attached hydrogens (primary N) is 1. The number of hydrogen-bond acceptors (Lipinski definition) is 9. The Bertz CT molecular complexity index is 770. The summed E-state index contributed by atoms with van der Waals surface area (Å²) in [6.07, 6.45) is 1.69. The molecule has 0 spiro atoms. The number of thiazole rings is 1. The standard InChI is InChI=1S/C17H24N6O2S/c1-11(2)10-22-6-8-23(9-7-22)12-4-5-19-15(20-12)13-14(16(24)25-3)26-17(18)21-13/h4-5,11H,6-10H2,1-3H3,(H2,18,21). The highest BCUT2D eigenvalue weighted by Crippen LogP contribution is 2.29. The number of piperazine rings is 1. The zero-order valence-corrected chi connectivity index (χ0v) is 16.1. The number of carbonyl (C=O) groups excluding carboxylic acids is 1. The summed E-state index contributed by atoms with van der Waals surface area (Å²) in [5.41, 5.74) is 6.15. The minimum absolute atomic E-state index is 0.289. The molecule has 0 amide bonds. The second-order valence-corrected chi connectivity index (χ2v) is 7.67. The topological polar surface area (TPSA) is 97.5 Å². The van der Waals surface area contributed by atoms with E-state index in [0.29, 0.717) is 22.3 Å². The van der Waals surface area contributed by atoms with Crippen LogP contribution < -0.4 is 10.6 Å². The molecule has 8 nitrogen and oxygen atoms in total. The lowest BCUT2D eigenvalue weighted by atomic mass is 10.2. The van der Waals surface area contributed by atoms with Crippen LogP contribution in [0.1, 0.15) is 23.5 Å². The van der Waals surface area contributed by atoms with Crippen LogP contribution in [0.3, 0.4) is 0 Å². The molecule has 1 fully saturated rings. The van der Waals surface area contributed by atoms with Gasteiger partial charge in [-0.3, -0.25) is 4.90 Å². The number of carbonyl (C=O) groups is 1. The van der Waals surface area contributed by atoms with Crippen molar-refractivity contribution in [3.05, 3.63) is 17.1 Å². The molecule has 9 heteroatoms. The number of nitrogens with zero attached hydrogens (tertiary/aromatic N) is 5. The maximum Gasteiger partial charge on any atom is 0.350 e. The smallest absolute Gasteiger partial charge is 0.350 e. The van der Waals surface area contributed by atoms with Crippen LogP contribution in [-0.2, 0) is 4.74 Å². The number of hydrogen-bond donors (Lipinski definition) is 1. The third kappa shape index (κ3) is 4.10. The van der Waals surface area contributed by atoms with Gasteiger partial charge in [0, 0.05) is 38.9 Å². The molecule has 2 aromatic heterocycles. The van der Waals surface area contributed by atoms with Gasteiger partial charge in [-0.25, -0.2) is 19.7 Å². The molecular weight excluding hydrogens is 352 g/mol. The number of methoxy groups -OCH3 is 1. The van der Waals surface area contributed by atoms with Gasteiger partial charge < -0.3 is 15.4 Å². The molecule has 1 saturated heterocycles. The molecule has 0 aromatic carbocycles. The summed E-state index contributed by atoms with van der Waals surface area (Å²) in [6.45, 7) is 9.42. The number of anilines is 2. The van der Waals surface area contributed by atoms with Crippen LogP contribution in [-0.4, -0.2) is 65.7 Å². The van der Waals surface area contributed by atoms with Crippen molar-refractivity contribution in [1.29, 1.82) is 0 Å². The van der Waals surface area contributed by atoms with Crippen molar-refractivity contribution in [3.63, 3.8) is 0 Å². The van der Waals surface area contributed by atoms with Crippen molar-refractivity contribution in [2.24, 2.45) is 5.92 Å². The Morgan fingerprint density at radius 2 is 2.04 bits per heavy atom. The van der Waals surface area contributed by atoms with E-state index in [1.165, 1.54) is 7.11 Å². The zero-order chi connectivity index (χ0) is 18.7. The van der Waals surface area contributed by atoms with Gasteiger partial charge in [0.05, 0.1) is 7.11 Å². The van der Waals surface area contributed by atoms with Crippen LogP contribution in [0.4, 0.5) is 10.9 Å². The van der Waals surface area contributed by atoms with Gasteiger partial charge in [0.25, 0.3) is 0 Å². The number of nitrogen functional groups attached to an aromatic ring is 1. The molecule has 26 heavy (non-hydrogen) atoms. The molecular formula is C17H24N6O2S. The fraction of sp³-hybridized carbons (Fsp3) is 0.529. The number of ether oxygens (including phenoxy) is 1. The molecule has 1 aliphatic heterocycles. The minimum Gasteiger partial charge on any atom is -0.465 e. The minimum atomic E-state index is -0.481. The van der Waals surface area contributed by atoms with Crippen LogP contribution in [0.5, 0.6) is 0 Å². The summed E-state index contributed by atoms with van der Waals surface area (Å²) in [6, 6.07) is 1.88. The van der Waals surface area contributed by atoms with Crippen molar-refractivity contribution in [2.45, 2.75) is 13.8 Å². The highest BCUT2D eigenvalue weighted by molar-refractivity contribution is 7.17. The van der Waals surface area contributed by atoms with E-state index in [1.807, 2.05) is 6.07 Å². The Kier molecular flexibility index (Phi) is 5.67. The summed E-state index contributed by atoms with van der Waals surface area (Å²) in [5.74, 6) is 1.41. The first-order valence-electron chi connectivity index (χ1n) is 8.63. The van der Waals surface area contributed by atoms with Gasteiger partial charge in [-0.2, -0.15) is 0 Å². The fourth-order valence-electron chi connectivity index (χ4n) is 3.03. The molecule has 2 aromatic rings. The average molecular weight is 376 g/mol. The summed E-state index contributed by atoms with van der Waals surface area (Å²) >= 11 is 1.08. The van der Waals surface area contributed by atoms with Gasteiger partial charge in [-0.15, -0.1) is 0 Å². The first-order chi connectivity index (χ1) is 12.5. The Hall–Kier alpha value is -2.26. The van der Waals surface area contributed by atoms with Gasteiger partial charge in [0.1, 0.15) is 16.4 Å². The Morgan fingerprint density at radius 1 is 1.31 bits per heavy atom. The molecule has 0 aliphatic carbocycles. The molecule has 3 rings (SSSR count). The lowest BCUT2D eigenvalue weighted by molar-refractivity contribution is 0.0607. The lowest BCUT2D eigenvalue weighted by Crippen LogP contribution is -2.47. The van der Waals surface area contributed by atoms with Crippen molar-refractivity contribution >= 4 is 28.3 Å². The van der Waals surface area contributed by atoms with E-state index in [0.717, 1.165) is 49.9 Å². The first-order valence-corrected chi connectivity index (χ1v) is 9.45. The van der Waals surface area contributed by atoms with Crippen molar-refractivity contribution in [2.75, 3.05) is 50.5 Å². The van der Waals surface area contributed by atoms with E-state index in [2.05, 4.69) is 38.6 Å². The van der Waals surface area contributed by atoms with Crippen LogP contribution in [0.15, 0.2) is 12.3 Å². The van der Waals surface area contributed by atoms with E-state index >= 15 is 0 Å². The quantitative estimate of drug-likeness (QED) is 0.788. The van der Waals surface area contributed by atoms with E-state index in [9.17, 15) is 4.79 Å². The van der Waals surface area contributed by atoms with E-state index in [1.54, 1.807) is 6.20 Å². The van der Waals surface area contributed by atoms with E-state index in [4.69, 9.17) is 10.5 Å². The fourth-order valence-corrected chi connectivity index (χ4v) is 3.78. The summed E-state index contributed by atoms with van der Waals surface area (Å²) < 4.78 is 4.81. The second kappa shape index (κ2) is 7.96. The molecule has 0 atom stereocenters. The highest BCUT2D eigenvalue weighted by atomic mass is 32.1. The number of rotatable bonds is 5. The largest absolute Gasteiger partial charge is 0.465 e. The number of esters is 1. The van der Waals surface area contributed by atoms with Crippen molar-refractivity contribution in [1.82, 2.24) is 19.9 Å². The SMILES string of the molecule is COC(=O)c1sc(N)nc1-c1nccc(N2CCN(CC(C)C)CC2)n1. The van der Waals surface area contributed by atoms with Gasteiger partial charge in [0.2, 0.25) is 0 Å².